The van der Waals surface area contributed by atoms with Crippen LogP contribution in [-0.4, -0.2) is 18.3 Å². The van der Waals surface area contributed by atoms with Gasteiger partial charge < -0.3 is 15.6 Å². The summed E-state index contributed by atoms with van der Waals surface area (Å²) in [6, 6.07) is 4.12. The summed E-state index contributed by atoms with van der Waals surface area (Å²) in [7, 11) is 0. The molecule has 0 aliphatic carbocycles. The molecule has 1 fully saturated rings. The fourth-order valence-electron chi connectivity index (χ4n) is 2.26. The third kappa shape index (κ3) is 3.17. The molecule has 3 N–H and O–H groups in total. The number of rotatable bonds is 3. The lowest BCUT2D eigenvalue weighted by atomic mass is 9.90. The number of anilines is 1. The lowest BCUT2D eigenvalue weighted by Crippen LogP contribution is -2.18. The van der Waals surface area contributed by atoms with Crippen LogP contribution in [0.3, 0.4) is 0 Å². The molecule has 1 aliphatic heterocycles. The summed E-state index contributed by atoms with van der Waals surface area (Å²) in [6.45, 7) is 1.49. The molecule has 17 heavy (non-hydrogen) atoms. The fraction of sp³-hybridized carbons (Fsp3) is 0.538. The number of benzene rings is 1. The van der Waals surface area contributed by atoms with Crippen LogP contribution in [0.4, 0.5) is 10.1 Å². The molecular weight excluding hydrogens is 221 g/mol. The highest BCUT2D eigenvalue weighted by atomic mass is 19.1. The third-order valence-corrected chi connectivity index (χ3v) is 3.31. The first-order valence-corrected chi connectivity index (χ1v) is 5.97. The molecular formula is C13H18FNO2. The molecule has 0 amide bonds. The minimum atomic E-state index is -0.686. The second kappa shape index (κ2) is 5.47. The molecule has 1 atom stereocenters. The van der Waals surface area contributed by atoms with E-state index in [1.165, 1.54) is 18.2 Å². The number of nitrogen functional groups attached to an aromatic ring is 1. The molecule has 4 heteroatoms. The number of hydrogen-bond acceptors (Lipinski definition) is 3. The fourth-order valence-corrected chi connectivity index (χ4v) is 2.26. The molecule has 1 saturated heterocycles. The first-order chi connectivity index (χ1) is 8.16. The minimum Gasteiger partial charge on any atom is -0.398 e. The van der Waals surface area contributed by atoms with E-state index in [1.54, 1.807) is 0 Å². The first-order valence-electron chi connectivity index (χ1n) is 5.97. The van der Waals surface area contributed by atoms with Gasteiger partial charge in [-0.25, -0.2) is 4.39 Å². The Morgan fingerprint density at radius 2 is 2.12 bits per heavy atom. The number of aliphatic hydroxyl groups excluding tert-OH is 1. The molecule has 0 aromatic heterocycles. The Hall–Kier alpha value is -1.13. The van der Waals surface area contributed by atoms with Crippen LogP contribution in [-0.2, 0) is 4.74 Å². The van der Waals surface area contributed by atoms with Gasteiger partial charge in [0.1, 0.15) is 5.82 Å². The molecule has 0 saturated carbocycles. The van der Waals surface area contributed by atoms with Gasteiger partial charge in [0.2, 0.25) is 0 Å². The second-order valence-corrected chi connectivity index (χ2v) is 4.58. The van der Waals surface area contributed by atoms with E-state index in [-0.39, 0.29) is 5.82 Å². The molecule has 0 bridgehead atoms. The smallest absolute Gasteiger partial charge is 0.123 e. The Morgan fingerprint density at radius 1 is 1.41 bits per heavy atom. The summed E-state index contributed by atoms with van der Waals surface area (Å²) in [4.78, 5) is 0. The van der Waals surface area contributed by atoms with Gasteiger partial charge >= 0.3 is 0 Å². The van der Waals surface area contributed by atoms with E-state index in [0.717, 1.165) is 26.1 Å². The predicted octanol–water partition coefficient (Wildman–Crippen LogP) is 2.26. The van der Waals surface area contributed by atoms with Crippen molar-refractivity contribution in [3.8, 4) is 0 Å². The zero-order valence-electron chi connectivity index (χ0n) is 9.73. The van der Waals surface area contributed by atoms with Crippen molar-refractivity contribution in [2.24, 2.45) is 5.92 Å². The van der Waals surface area contributed by atoms with E-state index in [1.807, 2.05) is 0 Å². The zero-order valence-corrected chi connectivity index (χ0v) is 9.73. The lowest BCUT2D eigenvalue weighted by Gasteiger charge is -2.24. The Morgan fingerprint density at radius 3 is 2.82 bits per heavy atom. The SMILES string of the molecule is Nc1ccc(F)cc1C(O)CC1CCOCC1. The molecule has 0 radical (unpaired) electrons. The summed E-state index contributed by atoms with van der Waals surface area (Å²) in [5.41, 5.74) is 6.69. The van der Waals surface area contributed by atoms with E-state index in [9.17, 15) is 9.50 Å². The van der Waals surface area contributed by atoms with Crippen molar-refractivity contribution < 1.29 is 14.2 Å². The van der Waals surface area contributed by atoms with Crippen molar-refractivity contribution in [1.29, 1.82) is 0 Å². The molecule has 1 unspecified atom stereocenters. The topological polar surface area (TPSA) is 55.5 Å². The highest BCUT2D eigenvalue weighted by molar-refractivity contribution is 5.47. The maximum atomic E-state index is 13.1. The Labute approximate surface area is 100 Å². The van der Waals surface area contributed by atoms with Gasteiger partial charge in [-0.15, -0.1) is 0 Å². The van der Waals surface area contributed by atoms with Crippen LogP contribution >= 0.6 is 0 Å². The maximum absolute atomic E-state index is 13.1. The van der Waals surface area contributed by atoms with Gasteiger partial charge in [-0.05, 0) is 43.4 Å². The van der Waals surface area contributed by atoms with E-state index in [0.29, 0.717) is 23.6 Å². The van der Waals surface area contributed by atoms with E-state index >= 15 is 0 Å². The first kappa shape index (κ1) is 12.3. The molecule has 1 aromatic rings. The highest BCUT2D eigenvalue weighted by Gasteiger charge is 2.20. The van der Waals surface area contributed by atoms with Crippen LogP contribution in [0.1, 0.15) is 30.9 Å². The lowest BCUT2D eigenvalue weighted by molar-refractivity contribution is 0.0436. The highest BCUT2D eigenvalue weighted by Crippen LogP contribution is 2.30. The monoisotopic (exact) mass is 239 g/mol. The number of ether oxygens (including phenoxy) is 1. The Balaban J connectivity index is 2.02. The van der Waals surface area contributed by atoms with Crippen molar-refractivity contribution in [3.05, 3.63) is 29.6 Å². The predicted molar refractivity (Wildman–Crippen MR) is 63.9 cm³/mol. The average Bonchev–Trinajstić information content (AvgIpc) is 2.33. The van der Waals surface area contributed by atoms with Gasteiger partial charge in [0.25, 0.3) is 0 Å². The van der Waals surface area contributed by atoms with Crippen molar-refractivity contribution in [1.82, 2.24) is 0 Å². The Kier molecular flexibility index (Phi) is 3.97. The number of halogens is 1. The van der Waals surface area contributed by atoms with Crippen LogP contribution in [0.25, 0.3) is 0 Å². The quantitative estimate of drug-likeness (QED) is 0.795. The molecule has 1 aromatic carbocycles. The van der Waals surface area contributed by atoms with E-state index in [2.05, 4.69) is 0 Å². The van der Waals surface area contributed by atoms with Gasteiger partial charge in [0, 0.05) is 24.5 Å². The number of aliphatic hydroxyl groups is 1. The molecule has 1 aliphatic rings. The van der Waals surface area contributed by atoms with Crippen LogP contribution in [0.2, 0.25) is 0 Å². The van der Waals surface area contributed by atoms with E-state index < -0.39 is 6.10 Å². The Bertz CT molecular complexity index is 378. The normalized spacial score (nSPS) is 19.2. The zero-order chi connectivity index (χ0) is 12.3. The van der Waals surface area contributed by atoms with Crippen molar-refractivity contribution >= 4 is 5.69 Å². The van der Waals surface area contributed by atoms with Crippen molar-refractivity contribution in [3.63, 3.8) is 0 Å². The summed E-state index contributed by atoms with van der Waals surface area (Å²) >= 11 is 0. The molecule has 94 valence electrons. The van der Waals surface area contributed by atoms with Crippen LogP contribution in [0.15, 0.2) is 18.2 Å². The summed E-state index contributed by atoms with van der Waals surface area (Å²) in [6.07, 6.45) is 1.84. The van der Waals surface area contributed by atoms with Gasteiger partial charge in [0.15, 0.2) is 0 Å². The summed E-state index contributed by atoms with van der Waals surface area (Å²) < 4.78 is 18.4. The molecule has 2 rings (SSSR count). The largest absolute Gasteiger partial charge is 0.398 e. The summed E-state index contributed by atoms with van der Waals surface area (Å²) in [5.74, 6) is 0.0710. The average molecular weight is 239 g/mol. The molecule has 3 nitrogen and oxygen atoms in total. The summed E-state index contributed by atoms with van der Waals surface area (Å²) in [5, 5.41) is 10.1. The minimum absolute atomic E-state index is 0.361. The van der Waals surface area contributed by atoms with Crippen LogP contribution in [0.5, 0.6) is 0 Å². The van der Waals surface area contributed by atoms with Crippen LogP contribution in [0, 0.1) is 11.7 Å². The van der Waals surface area contributed by atoms with Gasteiger partial charge in [-0.2, -0.15) is 0 Å². The number of hydrogen-bond donors (Lipinski definition) is 2. The van der Waals surface area contributed by atoms with Crippen molar-refractivity contribution in [2.75, 3.05) is 18.9 Å². The maximum Gasteiger partial charge on any atom is 0.123 e. The van der Waals surface area contributed by atoms with E-state index in [4.69, 9.17) is 10.5 Å². The molecule has 1 heterocycles. The van der Waals surface area contributed by atoms with Crippen molar-refractivity contribution in [2.45, 2.75) is 25.4 Å². The second-order valence-electron chi connectivity index (χ2n) is 4.58. The number of nitrogens with two attached hydrogens (primary N) is 1. The molecule has 0 spiro atoms. The van der Waals surface area contributed by atoms with Gasteiger partial charge in [0.05, 0.1) is 6.10 Å². The van der Waals surface area contributed by atoms with Gasteiger partial charge in [-0.3, -0.25) is 0 Å². The standard InChI is InChI=1S/C13H18FNO2/c14-10-1-2-12(15)11(8-10)13(16)7-9-3-5-17-6-4-9/h1-2,8-9,13,16H,3-7,15H2. The third-order valence-electron chi connectivity index (χ3n) is 3.31. The van der Waals surface area contributed by atoms with Crippen LogP contribution < -0.4 is 5.73 Å². The van der Waals surface area contributed by atoms with Gasteiger partial charge in [-0.1, -0.05) is 0 Å².